The molecule has 0 unspecified atom stereocenters. The smallest absolute Gasteiger partial charge is 0.195 e. The summed E-state index contributed by atoms with van der Waals surface area (Å²) in [5, 5.41) is 3.28. The number of carbonyl (C=O) groups is 1. The number of fused-ring (bicyclic) bond motifs is 1. The maximum Gasteiger partial charge on any atom is 0.195 e. The van der Waals surface area contributed by atoms with Gasteiger partial charge in [0.1, 0.15) is 5.82 Å². The van der Waals surface area contributed by atoms with Gasteiger partial charge in [-0.15, -0.1) is 0 Å². The monoisotopic (exact) mass is 269 g/mol. The lowest BCUT2D eigenvalue weighted by Gasteiger charge is -2.17. The minimum atomic E-state index is -0.462. The lowest BCUT2D eigenvalue weighted by atomic mass is 9.94. The number of nitrogens with one attached hydrogen (secondary N) is 1. The van der Waals surface area contributed by atoms with Crippen LogP contribution in [0.5, 0.6) is 0 Å². The van der Waals surface area contributed by atoms with E-state index in [2.05, 4.69) is 5.32 Å². The first-order valence-corrected chi connectivity index (χ1v) is 6.78. The summed E-state index contributed by atoms with van der Waals surface area (Å²) in [4.78, 5) is 12.4. The van der Waals surface area contributed by atoms with Crippen molar-refractivity contribution in [3.8, 4) is 0 Å². The molecular weight excluding hydrogens is 253 g/mol. The van der Waals surface area contributed by atoms with Crippen LogP contribution in [-0.4, -0.2) is 12.3 Å². The molecule has 0 saturated carbocycles. The molecule has 2 aromatic rings. The van der Waals surface area contributed by atoms with Crippen molar-refractivity contribution < 1.29 is 9.18 Å². The zero-order valence-corrected chi connectivity index (χ0v) is 11.4. The van der Waals surface area contributed by atoms with Crippen LogP contribution in [0.1, 0.15) is 32.6 Å². The van der Waals surface area contributed by atoms with Gasteiger partial charge in [0.05, 0.1) is 5.56 Å². The highest BCUT2D eigenvalue weighted by Gasteiger charge is 2.16. The number of halogens is 1. The van der Waals surface area contributed by atoms with E-state index in [1.54, 1.807) is 18.2 Å². The third kappa shape index (κ3) is 2.37. The first-order chi connectivity index (χ1) is 9.65. The standard InChI is InChI=1S/C17H16FNO/c1-11-2-5-16(18)15(8-11)17(20)13-4-3-12-6-7-19-10-14(12)9-13/h2-5,8-9,19H,6-7,10H2,1H3. The Morgan fingerprint density at radius 3 is 2.85 bits per heavy atom. The third-order valence-electron chi connectivity index (χ3n) is 3.72. The van der Waals surface area contributed by atoms with Gasteiger partial charge < -0.3 is 5.32 Å². The van der Waals surface area contributed by atoms with Gasteiger partial charge in [-0.1, -0.05) is 23.8 Å². The molecule has 0 radical (unpaired) electrons. The largest absolute Gasteiger partial charge is 0.312 e. The van der Waals surface area contributed by atoms with Gasteiger partial charge >= 0.3 is 0 Å². The highest BCUT2D eigenvalue weighted by atomic mass is 19.1. The molecule has 0 atom stereocenters. The minimum Gasteiger partial charge on any atom is -0.312 e. The Kier molecular flexibility index (Phi) is 3.36. The summed E-state index contributed by atoms with van der Waals surface area (Å²) in [6.45, 7) is 3.59. The Hall–Kier alpha value is -2.00. The van der Waals surface area contributed by atoms with Crippen molar-refractivity contribution in [2.45, 2.75) is 19.9 Å². The number of benzene rings is 2. The maximum absolute atomic E-state index is 13.8. The van der Waals surface area contributed by atoms with Gasteiger partial charge in [-0.05, 0) is 49.2 Å². The molecule has 2 nitrogen and oxygen atoms in total. The molecule has 0 aliphatic carbocycles. The third-order valence-corrected chi connectivity index (χ3v) is 3.72. The molecule has 1 heterocycles. The summed E-state index contributed by atoms with van der Waals surface area (Å²) < 4.78 is 13.8. The van der Waals surface area contributed by atoms with Crippen molar-refractivity contribution in [1.82, 2.24) is 5.32 Å². The van der Waals surface area contributed by atoms with E-state index in [0.717, 1.165) is 30.6 Å². The Morgan fingerprint density at radius 1 is 1.15 bits per heavy atom. The van der Waals surface area contributed by atoms with E-state index >= 15 is 0 Å². The molecular formula is C17H16FNO. The van der Waals surface area contributed by atoms with Crippen molar-refractivity contribution in [2.24, 2.45) is 0 Å². The van der Waals surface area contributed by atoms with Crippen molar-refractivity contribution in [3.63, 3.8) is 0 Å². The summed E-state index contributed by atoms with van der Waals surface area (Å²) >= 11 is 0. The fourth-order valence-electron chi connectivity index (χ4n) is 2.59. The van der Waals surface area contributed by atoms with E-state index in [1.807, 2.05) is 19.1 Å². The predicted octanol–water partition coefficient (Wildman–Crippen LogP) is 3.01. The first kappa shape index (κ1) is 13.0. The molecule has 0 saturated heterocycles. The predicted molar refractivity (Wildman–Crippen MR) is 76.4 cm³/mol. The molecule has 0 spiro atoms. The molecule has 3 heteroatoms. The van der Waals surface area contributed by atoms with Crippen molar-refractivity contribution in [1.29, 1.82) is 0 Å². The molecule has 0 fully saturated rings. The summed E-state index contributed by atoms with van der Waals surface area (Å²) in [5.74, 6) is -0.712. The van der Waals surface area contributed by atoms with Crippen LogP contribution < -0.4 is 5.32 Å². The first-order valence-electron chi connectivity index (χ1n) is 6.78. The fraction of sp³-hybridized carbons (Fsp3) is 0.235. The molecule has 1 aliphatic rings. The second-order valence-corrected chi connectivity index (χ2v) is 5.22. The van der Waals surface area contributed by atoms with Crippen LogP contribution in [0.25, 0.3) is 0 Å². The number of rotatable bonds is 2. The van der Waals surface area contributed by atoms with Gasteiger partial charge in [-0.3, -0.25) is 4.79 Å². The summed E-state index contributed by atoms with van der Waals surface area (Å²) in [6.07, 6.45) is 0.975. The second-order valence-electron chi connectivity index (χ2n) is 5.22. The molecule has 0 bridgehead atoms. The van der Waals surface area contributed by atoms with Crippen LogP contribution in [0.15, 0.2) is 36.4 Å². The van der Waals surface area contributed by atoms with Crippen LogP contribution in [0.2, 0.25) is 0 Å². The average Bonchev–Trinajstić information content (AvgIpc) is 2.48. The topological polar surface area (TPSA) is 29.1 Å². The molecule has 3 rings (SSSR count). The molecule has 102 valence electrons. The Labute approximate surface area is 117 Å². The number of hydrogen-bond donors (Lipinski definition) is 1. The molecule has 20 heavy (non-hydrogen) atoms. The Bertz CT molecular complexity index is 679. The van der Waals surface area contributed by atoms with Crippen LogP contribution in [0.4, 0.5) is 4.39 Å². The number of carbonyl (C=O) groups excluding carboxylic acids is 1. The summed E-state index contributed by atoms with van der Waals surface area (Å²) in [6, 6.07) is 10.3. The fourth-order valence-corrected chi connectivity index (χ4v) is 2.59. The van der Waals surface area contributed by atoms with E-state index in [-0.39, 0.29) is 11.3 Å². The van der Waals surface area contributed by atoms with E-state index in [9.17, 15) is 9.18 Å². The van der Waals surface area contributed by atoms with E-state index in [4.69, 9.17) is 0 Å². The summed E-state index contributed by atoms with van der Waals surface area (Å²) in [7, 11) is 0. The van der Waals surface area contributed by atoms with E-state index in [0.29, 0.717) is 5.56 Å². The van der Waals surface area contributed by atoms with Gasteiger partial charge in [-0.25, -0.2) is 4.39 Å². The SMILES string of the molecule is Cc1ccc(F)c(C(=O)c2ccc3c(c2)CNCC3)c1. The Balaban J connectivity index is 2.00. The zero-order chi connectivity index (χ0) is 14.1. The van der Waals surface area contributed by atoms with Gasteiger partial charge in [0, 0.05) is 12.1 Å². The lowest BCUT2D eigenvalue weighted by molar-refractivity contribution is 0.103. The summed E-state index contributed by atoms with van der Waals surface area (Å²) in [5.41, 5.74) is 3.99. The van der Waals surface area contributed by atoms with E-state index in [1.165, 1.54) is 11.6 Å². The molecule has 2 aromatic carbocycles. The van der Waals surface area contributed by atoms with Crippen LogP contribution in [0, 0.1) is 12.7 Å². The van der Waals surface area contributed by atoms with Crippen molar-refractivity contribution >= 4 is 5.78 Å². The van der Waals surface area contributed by atoms with Gasteiger partial charge in [0.25, 0.3) is 0 Å². The molecule has 0 amide bonds. The normalized spacial score (nSPS) is 13.9. The quantitative estimate of drug-likeness (QED) is 0.849. The van der Waals surface area contributed by atoms with Crippen molar-refractivity contribution in [2.75, 3.05) is 6.54 Å². The highest BCUT2D eigenvalue weighted by Crippen LogP contribution is 2.20. The minimum absolute atomic E-state index is 0.147. The van der Waals surface area contributed by atoms with Crippen LogP contribution in [-0.2, 0) is 13.0 Å². The number of hydrogen-bond acceptors (Lipinski definition) is 2. The number of ketones is 1. The second kappa shape index (κ2) is 5.17. The molecule has 0 aromatic heterocycles. The average molecular weight is 269 g/mol. The zero-order valence-electron chi connectivity index (χ0n) is 11.4. The highest BCUT2D eigenvalue weighted by molar-refractivity contribution is 6.09. The van der Waals surface area contributed by atoms with E-state index < -0.39 is 5.82 Å². The van der Waals surface area contributed by atoms with Crippen molar-refractivity contribution in [3.05, 3.63) is 70.0 Å². The molecule has 1 aliphatic heterocycles. The Morgan fingerprint density at radius 2 is 2.00 bits per heavy atom. The van der Waals surface area contributed by atoms with Gasteiger partial charge in [-0.2, -0.15) is 0 Å². The van der Waals surface area contributed by atoms with Gasteiger partial charge in [0.2, 0.25) is 0 Å². The maximum atomic E-state index is 13.8. The lowest BCUT2D eigenvalue weighted by Crippen LogP contribution is -2.23. The molecule has 1 N–H and O–H groups in total. The van der Waals surface area contributed by atoms with Crippen LogP contribution in [0.3, 0.4) is 0 Å². The van der Waals surface area contributed by atoms with Crippen LogP contribution >= 0.6 is 0 Å². The number of aryl methyl sites for hydroxylation is 1. The van der Waals surface area contributed by atoms with Gasteiger partial charge in [0.15, 0.2) is 5.78 Å².